The predicted octanol–water partition coefficient (Wildman–Crippen LogP) is 3.66. The molecule has 31 heavy (non-hydrogen) atoms. The van der Waals surface area contributed by atoms with Crippen LogP contribution < -0.4 is 5.73 Å². The third-order valence-electron chi connectivity index (χ3n) is 5.36. The molecule has 0 saturated carbocycles. The average molecular weight is 490 g/mol. The first-order chi connectivity index (χ1) is 14.6. The zero-order valence-corrected chi connectivity index (χ0v) is 19.9. The van der Waals surface area contributed by atoms with Crippen LogP contribution in [0, 0.1) is 5.92 Å². The number of aromatic nitrogens is 5. The number of ether oxygens (including phenoxy) is 1. The SMILES string of the molecule is Cn1cc(-c2cnn3c(N)c(Br)c(CC4CCCN(C(=O)OC(C)(C)C)C4)nc23)cn1. The molecule has 1 unspecified atom stereocenters. The van der Waals surface area contributed by atoms with Crippen LogP contribution in [0.2, 0.25) is 0 Å². The Morgan fingerprint density at radius 1 is 1.32 bits per heavy atom. The zero-order chi connectivity index (χ0) is 22.3. The third-order valence-corrected chi connectivity index (χ3v) is 6.22. The van der Waals surface area contributed by atoms with Crippen LogP contribution in [0.25, 0.3) is 16.8 Å². The molecule has 1 fully saturated rings. The summed E-state index contributed by atoms with van der Waals surface area (Å²) in [5.41, 5.74) is 9.26. The van der Waals surface area contributed by atoms with Crippen LogP contribution in [0.15, 0.2) is 23.1 Å². The number of aryl methyl sites for hydroxylation is 1. The minimum atomic E-state index is -0.501. The Morgan fingerprint density at radius 3 is 2.77 bits per heavy atom. The number of carbonyl (C=O) groups excluding carboxylic acids is 1. The minimum absolute atomic E-state index is 0.256. The van der Waals surface area contributed by atoms with Crippen molar-refractivity contribution in [3.05, 3.63) is 28.8 Å². The number of hydrogen-bond donors (Lipinski definition) is 1. The van der Waals surface area contributed by atoms with E-state index in [0.29, 0.717) is 24.4 Å². The molecule has 1 aliphatic rings. The standard InChI is InChI=1S/C21H28BrN7O2/c1-21(2,3)31-20(30)28-7-5-6-13(11-28)8-16-17(22)18(23)29-19(26-16)15(10-25-29)14-9-24-27(4)12-14/h9-10,12-13H,5-8,11,23H2,1-4H3. The second-order valence-corrected chi connectivity index (χ2v) is 9.89. The predicted molar refractivity (Wildman–Crippen MR) is 122 cm³/mol. The number of amides is 1. The van der Waals surface area contributed by atoms with Crippen LogP contribution in [0.1, 0.15) is 39.3 Å². The molecule has 0 bridgehead atoms. The number of carbonyl (C=O) groups is 1. The summed E-state index contributed by atoms with van der Waals surface area (Å²) in [6, 6.07) is 0. The molecule has 0 radical (unpaired) electrons. The van der Waals surface area contributed by atoms with Gasteiger partial charge in [0.2, 0.25) is 0 Å². The van der Waals surface area contributed by atoms with Gasteiger partial charge in [-0.3, -0.25) is 4.68 Å². The third kappa shape index (κ3) is 4.53. The lowest BCUT2D eigenvalue weighted by Gasteiger charge is -2.34. The molecular formula is C21H28BrN7O2. The molecular weight excluding hydrogens is 462 g/mol. The smallest absolute Gasteiger partial charge is 0.410 e. The molecule has 1 atom stereocenters. The van der Waals surface area contributed by atoms with Gasteiger partial charge in [-0.25, -0.2) is 9.78 Å². The summed E-state index contributed by atoms with van der Waals surface area (Å²) in [7, 11) is 1.87. The molecule has 1 saturated heterocycles. The molecule has 4 rings (SSSR count). The molecule has 10 heteroatoms. The summed E-state index contributed by atoms with van der Waals surface area (Å²) in [6.07, 6.45) is 7.89. The van der Waals surface area contributed by atoms with E-state index in [2.05, 4.69) is 26.1 Å². The second-order valence-electron chi connectivity index (χ2n) is 9.09. The quantitative estimate of drug-likeness (QED) is 0.601. The minimum Gasteiger partial charge on any atom is -0.444 e. The Hall–Kier alpha value is -2.62. The highest BCUT2D eigenvalue weighted by atomic mass is 79.9. The van der Waals surface area contributed by atoms with Gasteiger partial charge in [0.1, 0.15) is 11.4 Å². The fourth-order valence-corrected chi connectivity index (χ4v) is 4.36. The molecule has 4 heterocycles. The van der Waals surface area contributed by atoms with Crippen molar-refractivity contribution in [3.8, 4) is 11.1 Å². The number of likely N-dealkylation sites (tertiary alicyclic amines) is 1. The molecule has 9 nitrogen and oxygen atoms in total. The summed E-state index contributed by atoms with van der Waals surface area (Å²) in [6.45, 7) is 7.02. The number of piperidine rings is 1. The maximum Gasteiger partial charge on any atom is 0.410 e. The van der Waals surface area contributed by atoms with Crippen molar-refractivity contribution in [1.29, 1.82) is 0 Å². The first-order valence-corrected chi connectivity index (χ1v) is 11.2. The van der Waals surface area contributed by atoms with E-state index in [1.165, 1.54) is 0 Å². The molecule has 3 aromatic heterocycles. The highest BCUT2D eigenvalue weighted by Gasteiger charge is 2.29. The van der Waals surface area contributed by atoms with Crippen LogP contribution in [-0.4, -0.2) is 54.1 Å². The first kappa shape index (κ1) is 21.6. The van der Waals surface area contributed by atoms with E-state index in [1.807, 2.05) is 34.0 Å². The van der Waals surface area contributed by atoms with Crippen LogP contribution in [0.3, 0.4) is 0 Å². The Morgan fingerprint density at radius 2 is 2.10 bits per heavy atom. The summed E-state index contributed by atoms with van der Waals surface area (Å²) >= 11 is 3.61. The van der Waals surface area contributed by atoms with Crippen LogP contribution in [0.5, 0.6) is 0 Å². The molecule has 1 aliphatic heterocycles. The highest BCUT2D eigenvalue weighted by Crippen LogP contribution is 2.32. The van der Waals surface area contributed by atoms with E-state index in [4.69, 9.17) is 15.5 Å². The lowest BCUT2D eigenvalue weighted by Crippen LogP contribution is -2.43. The van der Waals surface area contributed by atoms with Gasteiger partial charge in [0.05, 0.1) is 22.6 Å². The van der Waals surface area contributed by atoms with Gasteiger partial charge >= 0.3 is 6.09 Å². The van der Waals surface area contributed by atoms with Crippen molar-refractivity contribution in [3.63, 3.8) is 0 Å². The molecule has 166 valence electrons. The maximum atomic E-state index is 12.5. The van der Waals surface area contributed by atoms with E-state index >= 15 is 0 Å². The fraction of sp³-hybridized carbons (Fsp3) is 0.524. The van der Waals surface area contributed by atoms with E-state index in [1.54, 1.807) is 26.5 Å². The summed E-state index contributed by atoms with van der Waals surface area (Å²) in [5.74, 6) is 0.784. The van der Waals surface area contributed by atoms with Crippen molar-refractivity contribution >= 4 is 33.5 Å². The number of nitrogens with zero attached hydrogens (tertiary/aromatic N) is 6. The van der Waals surface area contributed by atoms with Crippen molar-refractivity contribution < 1.29 is 9.53 Å². The van der Waals surface area contributed by atoms with Crippen molar-refractivity contribution in [1.82, 2.24) is 29.3 Å². The number of nitrogen functional groups attached to an aromatic ring is 1. The molecule has 2 N–H and O–H groups in total. The van der Waals surface area contributed by atoms with Crippen molar-refractivity contribution in [2.75, 3.05) is 18.8 Å². The summed E-state index contributed by atoms with van der Waals surface area (Å²) in [4.78, 5) is 19.2. The Bertz CT molecular complexity index is 1120. The van der Waals surface area contributed by atoms with E-state index < -0.39 is 5.60 Å². The molecule has 0 aromatic carbocycles. The van der Waals surface area contributed by atoms with Crippen LogP contribution in [-0.2, 0) is 18.2 Å². The Balaban J connectivity index is 1.59. The van der Waals surface area contributed by atoms with Crippen molar-refractivity contribution in [2.45, 2.75) is 45.6 Å². The van der Waals surface area contributed by atoms with E-state index in [0.717, 1.165) is 40.7 Å². The average Bonchev–Trinajstić information content (AvgIpc) is 3.31. The molecule has 0 aliphatic carbocycles. The Kier molecular flexibility index (Phi) is 5.67. The van der Waals surface area contributed by atoms with Crippen molar-refractivity contribution in [2.24, 2.45) is 13.0 Å². The van der Waals surface area contributed by atoms with E-state index in [-0.39, 0.29) is 12.0 Å². The maximum absolute atomic E-state index is 12.5. The van der Waals surface area contributed by atoms with Crippen LogP contribution in [0.4, 0.5) is 10.6 Å². The number of fused-ring (bicyclic) bond motifs is 1. The van der Waals surface area contributed by atoms with Gasteiger partial charge in [-0.1, -0.05) is 0 Å². The fourth-order valence-electron chi connectivity index (χ4n) is 3.94. The van der Waals surface area contributed by atoms with Gasteiger partial charge in [-0.15, -0.1) is 0 Å². The number of halogens is 1. The normalized spacial score (nSPS) is 17.3. The van der Waals surface area contributed by atoms with Gasteiger partial charge in [0.25, 0.3) is 0 Å². The van der Waals surface area contributed by atoms with E-state index in [9.17, 15) is 4.79 Å². The summed E-state index contributed by atoms with van der Waals surface area (Å²) in [5, 5.41) is 8.66. The lowest BCUT2D eigenvalue weighted by atomic mass is 9.93. The number of anilines is 1. The topological polar surface area (TPSA) is 104 Å². The van der Waals surface area contributed by atoms with Gasteiger partial charge in [-0.05, 0) is 61.9 Å². The number of rotatable bonds is 3. The molecule has 1 amide bonds. The first-order valence-electron chi connectivity index (χ1n) is 10.4. The lowest BCUT2D eigenvalue weighted by molar-refractivity contribution is 0.0165. The second kappa shape index (κ2) is 8.14. The molecule has 3 aromatic rings. The van der Waals surface area contributed by atoms with Gasteiger partial charge in [0, 0.05) is 37.5 Å². The number of nitrogens with two attached hydrogens (primary N) is 1. The monoisotopic (exact) mass is 489 g/mol. The summed E-state index contributed by atoms with van der Waals surface area (Å²) < 4.78 is 9.69. The van der Waals surface area contributed by atoms with Gasteiger partial charge < -0.3 is 15.4 Å². The Labute approximate surface area is 189 Å². The highest BCUT2D eigenvalue weighted by molar-refractivity contribution is 9.10. The van der Waals surface area contributed by atoms with Gasteiger partial charge in [0.15, 0.2) is 5.65 Å². The number of hydrogen-bond acceptors (Lipinski definition) is 6. The zero-order valence-electron chi connectivity index (χ0n) is 18.3. The van der Waals surface area contributed by atoms with Crippen LogP contribution >= 0.6 is 15.9 Å². The molecule has 0 spiro atoms. The van der Waals surface area contributed by atoms with Gasteiger partial charge in [-0.2, -0.15) is 14.7 Å². The largest absolute Gasteiger partial charge is 0.444 e.